The number of carbonyl (C=O) groups is 1. The van der Waals surface area contributed by atoms with Gasteiger partial charge in [0.05, 0.1) is 6.61 Å². The van der Waals surface area contributed by atoms with Crippen LogP contribution < -0.4 is 0 Å². The van der Waals surface area contributed by atoms with E-state index < -0.39 is 11.2 Å². The van der Waals surface area contributed by atoms with E-state index in [0.29, 0.717) is 0 Å². The molecule has 100 valence electrons. The Hall–Kier alpha value is -1.39. The second-order valence-corrected chi connectivity index (χ2v) is 5.83. The van der Waals surface area contributed by atoms with Gasteiger partial charge in [0.15, 0.2) is 0 Å². The van der Waals surface area contributed by atoms with Crippen LogP contribution in [0, 0.1) is 5.92 Å². The Balaban J connectivity index is 1.78. The maximum Gasteiger partial charge on any atom is 0.303 e. The first-order chi connectivity index (χ1) is 9.08. The van der Waals surface area contributed by atoms with Gasteiger partial charge in [0.2, 0.25) is 0 Å². The van der Waals surface area contributed by atoms with Crippen LogP contribution in [0.4, 0.5) is 0 Å². The first-order valence-electron chi connectivity index (χ1n) is 6.70. The third kappa shape index (κ3) is 1.15. The standard InChI is InChI=1S/C15H16O4/c1-9(16)19-13-7-11-6-10-4-2-3-5-12(10)14(17)8-18-15(11,13)14/h2-5,11,13,17H,6-8H2,1H3/t11-,13+,14+,15-/m0/s1. The minimum Gasteiger partial charge on any atom is -0.459 e. The monoisotopic (exact) mass is 260 g/mol. The van der Waals surface area contributed by atoms with Crippen molar-refractivity contribution in [2.75, 3.05) is 6.61 Å². The van der Waals surface area contributed by atoms with Crippen molar-refractivity contribution in [1.29, 1.82) is 0 Å². The second kappa shape index (κ2) is 3.38. The molecule has 4 heteroatoms. The van der Waals surface area contributed by atoms with E-state index in [-0.39, 0.29) is 24.6 Å². The van der Waals surface area contributed by atoms with Crippen LogP contribution in [-0.2, 0) is 26.3 Å². The smallest absolute Gasteiger partial charge is 0.303 e. The van der Waals surface area contributed by atoms with Gasteiger partial charge in [-0.3, -0.25) is 4.79 Å². The lowest BCUT2D eigenvalue weighted by molar-refractivity contribution is -0.405. The van der Waals surface area contributed by atoms with Crippen LogP contribution in [0.2, 0.25) is 0 Å². The molecule has 1 heterocycles. The number of rotatable bonds is 1. The fourth-order valence-corrected chi connectivity index (χ4v) is 4.13. The zero-order valence-electron chi connectivity index (χ0n) is 10.8. The summed E-state index contributed by atoms with van der Waals surface area (Å²) in [7, 11) is 0. The molecule has 0 aromatic heterocycles. The van der Waals surface area contributed by atoms with E-state index >= 15 is 0 Å². The lowest BCUT2D eigenvalue weighted by atomic mass is 9.49. The van der Waals surface area contributed by atoms with Crippen molar-refractivity contribution in [1.82, 2.24) is 0 Å². The van der Waals surface area contributed by atoms with E-state index in [4.69, 9.17) is 9.47 Å². The van der Waals surface area contributed by atoms with Gasteiger partial charge in [-0.15, -0.1) is 0 Å². The van der Waals surface area contributed by atoms with Crippen LogP contribution in [0.3, 0.4) is 0 Å². The van der Waals surface area contributed by atoms with E-state index in [9.17, 15) is 9.90 Å². The third-order valence-corrected chi connectivity index (χ3v) is 4.99. The van der Waals surface area contributed by atoms with Crippen LogP contribution in [0.1, 0.15) is 24.5 Å². The Kier molecular flexibility index (Phi) is 2.03. The molecule has 1 aromatic rings. The molecule has 0 radical (unpaired) electrons. The van der Waals surface area contributed by atoms with Crippen LogP contribution in [0.15, 0.2) is 24.3 Å². The van der Waals surface area contributed by atoms with Gasteiger partial charge in [-0.25, -0.2) is 0 Å². The molecule has 2 aliphatic carbocycles. The summed E-state index contributed by atoms with van der Waals surface area (Å²) in [6.07, 6.45) is 1.34. The number of ether oxygens (including phenoxy) is 2. The Labute approximate surface area is 111 Å². The van der Waals surface area contributed by atoms with Gasteiger partial charge in [-0.2, -0.15) is 0 Å². The quantitative estimate of drug-likeness (QED) is 0.770. The summed E-state index contributed by atoms with van der Waals surface area (Å²) in [6, 6.07) is 7.95. The summed E-state index contributed by atoms with van der Waals surface area (Å²) in [4.78, 5) is 11.2. The molecule has 4 rings (SSSR count). The van der Waals surface area contributed by atoms with Crippen molar-refractivity contribution in [3.63, 3.8) is 0 Å². The van der Waals surface area contributed by atoms with Gasteiger partial charge in [-0.1, -0.05) is 24.3 Å². The highest BCUT2D eigenvalue weighted by Gasteiger charge is 2.77. The molecule has 3 aliphatic rings. The van der Waals surface area contributed by atoms with Crippen LogP contribution in [-0.4, -0.2) is 29.4 Å². The van der Waals surface area contributed by atoms with Crippen LogP contribution in [0.25, 0.3) is 0 Å². The lowest BCUT2D eigenvalue weighted by Gasteiger charge is -2.69. The molecule has 2 fully saturated rings. The fraction of sp³-hybridized carbons (Fsp3) is 0.533. The SMILES string of the molecule is CC(=O)O[C@@H]1C[C@@H]2Cc3ccccc3[C@]3(O)CO[C@@]213. The van der Waals surface area contributed by atoms with E-state index in [0.717, 1.165) is 18.4 Å². The molecule has 1 spiro atoms. The molecular formula is C15H16O4. The zero-order chi connectivity index (χ0) is 13.3. The minimum absolute atomic E-state index is 0.241. The minimum atomic E-state index is -0.995. The van der Waals surface area contributed by atoms with Crippen LogP contribution in [0.5, 0.6) is 0 Å². The van der Waals surface area contributed by atoms with Gasteiger partial charge >= 0.3 is 5.97 Å². The molecule has 4 atom stereocenters. The van der Waals surface area contributed by atoms with E-state index in [2.05, 4.69) is 6.07 Å². The fourth-order valence-electron chi connectivity index (χ4n) is 4.13. The number of carbonyl (C=O) groups excluding carboxylic acids is 1. The van der Waals surface area contributed by atoms with E-state index in [1.54, 1.807) is 0 Å². The molecule has 1 saturated heterocycles. The summed E-state index contributed by atoms with van der Waals surface area (Å²) >= 11 is 0. The Morgan fingerprint density at radius 1 is 1.47 bits per heavy atom. The number of aliphatic hydroxyl groups is 1. The van der Waals surface area contributed by atoms with Crippen molar-refractivity contribution in [3.8, 4) is 0 Å². The van der Waals surface area contributed by atoms with Crippen LogP contribution >= 0.6 is 0 Å². The topological polar surface area (TPSA) is 55.8 Å². The molecule has 1 saturated carbocycles. The molecule has 1 N–H and O–H groups in total. The number of hydrogen-bond acceptors (Lipinski definition) is 4. The molecule has 0 bridgehead atoms. The van der Waals surface area contributed by atoms with Gasteiger partial charge < -0.3 is 14.6 Å². The molecular weight excluding hydrogens is 244 g/mol. The summed E-state index contributed by atoms with van der Waals surface area (Å²) < 4.78 is 11.1. The van der Waals surface area contributed by atoms with Crippen molar-refractivity contribution in [2.24, 2.45) is 5.92 Å². The van der Waals surface area contributed by atoms with Crippen molar-refractivity contribution >= 4 is 5.97 Å². The number of benzene rings is 1. The highest BCUT2D eigenvalue weighted by molar-refractivity contribution is 5.66. The van der Waals surface area contributed by atoms with E-state index in [1.165, 1.54) is 12.5 Å². The second-order valence-electron chi connectivity index (χ2n) is 5.83. The number of fused-ring (bicyclic) bond motifs is 2. The highest BCUT2D eigenvalue weighted by atomic mass is 16.6. The summed E-state index contributed by atoms with van der Waals surface area (Å²) in [5, 5.41) is 11.0. The molecule has 1 aromatic carbocycles. The normalized spacial score (nSPS) is 42.0. The van der Waals surface area contributed by atoms with Crippen molar-refractivity contribution < 1.29 is 19.4 Å². The largest absolute Gasteiger partial charge is 0.459 e. The predicted molar refractivity (Wildman–Crippen MR) is 66.4 cm³/mol. The average molecular weight is 260 g/mol. The molecule has 0 amide bonds. The highest BCUT2D eigenvalue weighted by Crippen LogP contribution is 2.64. The van der Waals surface area contributed by atoms with Gasteiger partial charge in [0.1, 0.15) is 17.3 Å². The molecule has 1 aliphatic heterocycles. The lowest BCUT2D eigenvalue weighted by Crippen LogP contribution is -2.82. The Morgan fingerprint density at radius 3 is 2.95 bits per heavy atom. The summed E-state index contributed by atoms with van der Waals surface area (Å²) in [5.74, 6) is -0.0694. The van der Waals surface area contributed by atoms with Crippen molar-refractivity contribution in [2.45, 2.75) is 37.1 Å². The third-order valence-electron chi connectivity index (χ3n) is 4.99. The summed E-state index contributed by atoms with van der Waals surface area (Å²) in [5.41, 5.74) is 0.433. The van der Waals surface area contributed by atoms with Gasteiger partial charge in [0.25, 0.3) is 0 Å². The summed E-state index contributed by atoms with van der Waals surface area (Å²) in [6.45, 7) is 1.69. The maximum atomic E-state index is 11.2. The first-order valence-corrected chi connectivity index (χ1v) is 6.70. The maximum absolute atomic E-state index is 11.2. The Bertz CT molecular complexity index is 569. The van der Waals surface area contributed by atoms with Gasteiger partial charge in [0, 0.05) is 12.8 Å². The predicted octanol–water partition coefficient (Wildman–Crippen LogP) is 1.15. The number of hydrogen-bond donors (Lipinski definition) is 1. The first kappa shape index (κ1) is 11.4. The zero-order valence-corrected chi connectivity index (χ0v) is 10.8. The molecule has 4 nitrogen and oxygen atoms in total. The Morgan fingerprint density at radius 2 is 2.26 bits per heavy atom. The molecule has 0 unspecified atom stereocenters. The van der Waals surface area contributed by atoms with E-state index in [1.807, 2.05) is 18.2 Å². The van der Waals surface area contributed by atoms with Gasteiger partial charge in [-0.05, 0) is 24.0 Å². The van der Waals surface area contributed by atoms with Crippen molar-refractivity contribution in [3.05, 3.63) is 35.4 Å². The number of esters is 1. The average Bonchev–Trinajstić information content (AvgIpc) is 2.34. The molecule has 19 heavy (non-hydrogen) atoms.